The SMILES string of the molecule is Cc1ccc(-c2cc(C#CC(C)(C)O)c(-c3ccc(C)cc3)[se]2)cc1. The molecular formula is C23H22OSe. The van der Waals surface area contributed by atoms with Crippen LogP contribution >= 0.6 is 0 Å². The van der Waals surface area contributed by atoms with Gasteiger partial charge in [-0.05, 0) is 0 Å². The first-order chi connectivity index (χ1) is 11.8. The number of hydrogen-bond donors (Lipinski definition) is 1. The first kappa shape index (κ1) is 17.8. The van der Waals surface area contributed by atoms with Crippen molar-refractivity contribution in [2.75, 3.05) is 0 Å². The Hall–Kier alpha value is -2.04. The van der Waals surface area contributed by atoms with Crippen LogP contribution in [0.2, 0.25) is 0 Å². The van der Waals surface area contributed by atoms with Gasteiger partial charge >= 0.3 is 156 Å². The Balaban J connectivity index is 2.12. The second-order valence-electron chi connectivity index (χ2n) is 6.89. The van der Waals surface area contributed by atoms with Crippen LogP contribution in [0.15, 0.2) is 54.6 Å². The monoisotopic (exact) mass is 394 g/mol. The topological polar surface area (TPSA) is 20.2 Å². The predicted octanol–water partition coefficient (Wildman–Crippen LogP) is 4.82. The van der Waals surface area contributed by atoms with Gasteiger partial charge in [-0.1, -0.05) is 0 Å². The zero-order valence-corrected chi connectivity index (χ0v) is 16.8. The molecule has 0 atom stereocenters. The number of aliphatic hydroxyl groups is 1. The molecule has 0 unspecified atom stereocenters. The van der Waals surface area contributed by atoms with Gasteiger partial charge in [-0.15, -0.1) is 0 Å². The van der Waals surface area contributed by atoms with Gasteiger partial charge in [0.15, 0.2) is 0 Å². The third kappa shape index (κ3) is 4.53. The Morgan fingerprint density at radius 2 is 1.36 bits per heavy atom. The van der Waals surface area contributed by atoms with Gasteiger partial charge in [0, 0.05) is 0 Å². The fourth-order valence-electron chi connectivity index (χ4n) is 2.48. The van der Waals surface area contributed by atoms with E-state index in [-0.39, 0.29) is 14.5 Å². The van der Waals surface area contributed by atoms with Gasteiger partial charge in [-0.25, -0.2) is 0 Å². The summed E-state index contributed by atoms with van der Waals surface area (Å²) in [7, 11) is 0. The van der Waals surface area contributed by atoms with Crippen LogP contribution in [-0.4, -0.2) is 25.2 Å². The summed E-state index contributed by atoms with van der Waals surface area (Å²) in [5.74, 6) is 6.18. The van der Waals surface area contributed by atoms with Crippen molar-refractivity contribution in [1.82, 2.24) is 0 Å². The Bertz CT molecular complexity index is 927. The first-order valence-electron chi connectivity index (χ1n) is 8.35. The fraction of sp³-hybridized carbons (Fsp3) is 0.217. The maximum atomic E-state index is 9.97. The van der Waals surface area contributed by atoms with Crippen molar-refractivity contribution in [2.24, 2.45) is 0 Å². The van der Waals surface area contributed by atoms with E-state index >= 15 is 0 Å². The van der Waals surface area contributed by atoms with Crippen LogP contribution in [0, 0.1) is 25.7 Å². The van der Waals surface area contributed by atoms with Crippen LogP contribution in [0.5, 0.6) is 0 Å². The summed E-state index contributed by atoms with van der Waals surface area (Å²) in [6.45, 7) is 7.64. The average molecular weight is 393 g/mol. The van der Waals surface area contributed by atoms with Crippen molar-refractivity contribution in [3.05, 3.63) is 71.3 Å². The quantitative estimate of drug-likeness (QED) is 0.489. The molecule has 0 aliphatic carbocycles. The van der Waals surface area contributed by atoms with Crippen LogP contribution in [0.3, 0.4) is 0 Å². The van der Waals surface area contributed by atoms with Crippen molar-refractivity contribution in [1.29, 1.82) is 0 Å². The molecule has 0 saturated carbocycles. The van der Waals surface area contributed by atoms with Crippen molar-refractivity contribution in [2.45, 2.75) is 33.3 Å². The molecule has 1 heterocycles. The Morgan fingerprint density at radius 3 is 1.88 bits per heavy atom. The average Bonchev–Trinajstić information content (AvgIpc) is 2.98. The van der Waals surface area contributed by atoms with Gasteiger partial charge in [0.1, 0.15) is 0 Å². The molecule has 1 aromatic heterocycles. The molecule has 0 fully saturated rings. The van der Waals surface area contributed by atoms with Gasteiger partial charge < -0.3 is 0 Å². The van der Waals surface area contributed by atoms with E-state index < -0.39 is 5.60 Å². The molecule has 3 aromatic rings. The molecule has 3 rings (SSSR count). The summed E-state index contributed by atoms with van der Waals surface area (Å²) < 4.78 is 2.63. The van der Waals surface area contributed by atoms with Crippen molar-refractivity contribution >= 4 is 14.5 Å². The third-order valence-corrected chi connectivity index (χ3v) is 6.47. The van der Waals surface area contributed by atoms with E-state index in [4.69, 9.17) is 0 Å². The summed E-state index contributed by atoms with van der Waals surface area (Å²) in [5, 5.41) is 9.97. The molecule has 0 aliphatic heterocycles. The standard InChI is InChI=1S/C23H22OSe/c1-16-5-9-18(10-6-16)21-15-20(13-14-23(3,4)24)22(25-21)19-11-7-17(2)8-12-19/h5-12,15,24H,1-4H3. The summed E-state index contributed by atoms with van der Waals surface area (Å²) in [5.41, 5.74) is 5.05. The van der Waals surface area contributed by atoms with Gasteiger partial charge in [-0.3, -0.25) is 0 Å². The van der Waals surface area contributed by atoms with E-state index in [1.54, 1.807) is 13.8 Å². The molecule has 0 bridgehead atoms. The van der Waals surface area contributed by atoms with Crippen LogP contribution in [0.1, 0.15) is 30.5 Å². The molecule has 1 nitrogen and oxygen atoms in total. The summed E-state index contributed by atoms with van der Waals surface area (Å²) in [4.78, 5) is 0. The molecule has 2 heteroatoms. The Labute approximate surface area is 156 Å². The minimum atomic E-state index is -0.987. The number of hydrogen-bond acceptors (Lipinski definition) is 1. The van der Waals surface area contributed by atoms with Crippen molar-refractivity contribution < 1.29 is 5.11 Å². The first-order valence-corrected chi connectivity index (χ1v) is 10.1. The molecule has 0 spiro atoms. The van der Waals surface area contributed by atoms with Gasteiger partial charge in [0.05, 0.1) is 0 Å². The van der Waals surface area contributed by atoms with Gasteiger partial charge in [-0.2, -0.15) is 0 Å². The van der Waals surface area contributed by atoms with Crippen LogP contribution in [-0.2, 0) is 0 Å². The summed E-state index contributed by atoms with van der Waals surface area (Å²) in [6, 6.07) is 19.5. The van der Waals surface area contributed by atoms with Crippen molar-refractivity contribution in [3.8, 4) is 31.8 Å². The van der Waals surface area contributed by atoms with Crippen LogP contribution in [0.4, 0.5) is 0 Å². The molecule has 0 aliphatic rings. The molecule has 2 aromatic carbocycles. The predicted molar refractivity (Wildman–Crippen MR) is 107 cm³/mol. The Morgan fingerprint density at radius 1 is 0.840 bits per heavy atom. The zero-order chi connectivity index (χ0) is 18.0. The second kappa shape index (κ2) is 7.06. The normalized spacial score (nSPS) is 11.1. The maximum absolute atomic E-state index is 9.97. The molecule has 0 radical (unpaired) electrons. The number of benzene rings is 2. The number of rotatable bonds is 2. The van der Waals surface area contributed by atoms with Crippen molar-refractivity contribution in [3.63, 3.8) is 0 Å². The van der Waals surface area contributed by atoms with Crippen LogP contribution in [0.25, 0.3) is 20.0 Å². The van der Waals surface area contributed by atoms with Gasteiger partial charge in [0.2, 0.25) is 0 Å². The van der Waals surface area contributed by atoms with E-state index in [0.717, 1.165) is 5.56 Å². The summed E-state index contributed by atoms with van der Waals surface area (Å²) >= 11 is 0.203. The van der Waals surface area contributed by atoms with E-state index in [1.807, 2.05) is 0 Å². The van der Waals surface area contributed by atoms with Gasteiger partial charge in [0.25, 0.3) is 0 Å². The molecule has 1 N–H and O–H groups in total. The number of aryl methyl sites for hydroxylation is 2. The fourth-order valence-corrected chi connectivity index (χ4v) is 4.84. The zero-order valence-electron chi connectivity index (χ0n) is 15.1. The van der Waals surface area contributed by atoms with E-state index in [9.17, 15) is 5.11 Å². The Kier molecular flexibility index (Phi) is 5.02. The van der Waals surface area contributed by atoms with Crippen LogP contribution < -0.4 is 0 Å². The molecule has 0 saturated heterocycles. The molecule has 126 valence electrons. The third-order valence-electron chi connectivity index (χ3n) is 3.88. The van der Waals surface area contributed by atoms with E-state index in [1.165, 1.54) is 31.1 Å². The minimum absolute atomic E-state index is 0.203. The summed E-state index contributed by atoms with van der Waals surface area (Å²) in [6.07, 6.45) is 0. The molecular weight excluding hydrogens is 371 g/mol. The van der Waals surface area contributed by atoms with E-state index in [0.29, 0.717) is 0 Å². The van der Waals surface area contributed by atoms with E-state index in [2.05, 4.69) is 80.3 Å². The molecule has 25 heavy (non-hydrogen) atoms. The second-order valence-corrected chi connectivity index (χ2v) is 9.10. The molecule has 0 amide bonds.